The smallest absolute Gasteiger partial charge is 0.358 e. The number of aryl methyl sites for hydroxylation is 1. The summed E-state index contributed by atoms with van der Waals surface area (Å²) in [7, 11) is 1.39. The maximum Gasteiger partial charge on any atom is 0.358 e. The van der Waals surface area contributed by atoms with Gasteiger partial charge in [-0.25, -0.2) is 9.78 Å². The Morgan fingerprint density at radius 3 is 3.10 bits per heavy atom. The largest absolute Gasteiger partial charge is 0.464 e. The van der Waals surface area contributed by atoms with Gasteiger partial charge in [0, 0.05) is 18.7 Å². The Morgan fingerprint density at radius 2 is 2.40 bits per heavy atom. The molecule has 0 amide bonds. The van der Waals surface area contributed by atoms with Crippen LogP contribution in [-0.4, -0.2) is 35.1 Å². The van der Waals surface area contributed by atoms with Gasteiger partial charge in [0.1, 0.15) is 5.82 Å². The molecule has 106 valence electrons. The fourth-order valence-corrected chi connectivity index (χ4v) is 2.80. The number of pyridine rings is 1. The Kier molecular flexibility index (Phi) is 3.44. The van der Waals surface area contributed by atoms with Crippen molar-refractivity contribution < 1.29 is 9.53 Å². The second-order valence-corrected chi connectivity index (χ2v) is 5.33. The lowest BCUT2D eigenvalue weighted by Gasteiger charge is -2.09. The van der Waals surface area contributed by atoms with Crippen molar-refractivity contribution in [3.63, 3.8) is 0 Å². The fraction of sp³-hybridized carbons (Fsp3) is 0.467. The van der Waals surface area contributed by atoms with Crippen molar-refractivity contribution in [2.24, 2.45) is 0 Å². The molecule has 3 rings (SSSR count). The molecule has 0 aliphatic carbocycles. The van der Waals surface area contributed by atoms with E-state index in [0.717, 1.165) is 36.3 Å². The molecule has 1 fully saturated rings. The van der Waals surface area contributed by atoms with Gasteiger partial charge in [0.25, 0.3) is 0 Å². The highest BCUT2D eigenvalue weighted by Crippen LogP contribution is 2.18. The van der Waals surface area contributed by atoms with Crippen LogP contribution in [0.3, 0.4) is 0 Å². The Hall–Kier alpha value is -1.88. The van der Waals surface area contributed by atoms with Crippen LogP contribution in [0.1, 0.15) is 34.7 Å². The molecule has 0 aromatic carbocycles. The zero-order valence-corrected chi connectivity index (χ0v) is 11.8. The normalized spacial score (nSPS) is 18.6. The van der Waals surface area contributed by atoms with Gasteiger partial charge < -0.3 is 14.5 Å². The zero-order valence-electron chi connectivity index (χ0n) is 11.8. The molecule has 20 heavy (non-hydrogen) atoms. The topological polar surface area (TPSA) is 55.6 Å². The molecule has 1 saturated heterocycles. The fourth-order valence-electron chi connectivity index (χ4n) is 2.80. The number of aromatic nitrogens is 2. The van der Waals surface area contributed by atoms with Crippen LogP contribution in [-0.2, 0) is 11.2 Å². The quantitative estimate of drug-likeness (QED) is 0.865. The average molecular weight is 273 g/mol. The van der Waals surface area contributed by atoms with Crippen molar-refractivity contribution >= 4 is 11.5 Å². The lowest BCUT2D eigenvalue weighted by Crippen LogP contribution is -2.24. The molecular formula is C15H19N3O2. The minimum absolute atomic E-state index is 0.378. The number of esters is 1. The number of imidazole rings is 1. The number of nitrogens with zero attached hydrogens (tertiary/aromatic N) is 2. The van der Waals surface area contributed by atoms with E-state index in [0.29, 0.717) is 11.7 Å². The van der Waals surface area contributed by atoms with E-state index in [9.17, 15) is 4.79 Å². The van der Waals surface area contributed by atoms with Gasteiger partial charge in [0.05, 0.1) is 12.6 Å². The summed E-state index contributed by atoms with van der Waals surface area (Å²) in [6.07, 6.45) is 5.23. The van der Waals surface area contributed by atoms with Gasteiger partial charge >= 0.3 is 5.97 Å². The van der Waals surface area contributed by atoms with Crippen molar-refractivity contribution in [1.29, 1.82) is 0 Å². The molecule has 1 aliphatic heterocycles. The number of carbonyl (C=O) groups excluding carboxylic acids is 1. The third kappa shape index (κ3) is 2.29. The van der Waals surface area contributed by atoms with Crippen LogP contribution in [0.25, 0.3) is 5.52 Å². The first-order valence-corrected chi connectivity index (χ1v) is 6.98. The minimum atomic E-state index is -0.378. The van der Waals surface area contributed by atoms with Crippen molar-refractivity contribution in [3.05, 3.63) is 35.4 Å². The molecule has 3 heterocycles. The van der Waals surface area contributed by atoms with Crippen molar-refractivity contribution in [1.82, 2.24) is 14.7 Å². The number of methoxy groups -OCH3 is 1. The monoisotopic (exact) mass is 273 g/mol. The van der Waals surface area contributed by atoms with Crippen LogP contribution >= 0.6 is 0 Å². The first-order valence-electron chi connectivity index (χ1n) is 6.98. The van der Waals surface area contributed by atoms with Crippen LogP contribution in [0.2, 0.25) is 0 Å². The predicted octanol–water partition coefficient (Wildman–Crippen LogP) is 1.72. The number of ether oxygens (including phenoxy) is 1. The van der Waals surface area contributed by atoms with E-state index in [1.54, 1.807) is 0 Å². The van der Waals surface area contributed by atoms with E-state index < -0.39 is 0 Å². The van der Waals surface area contributed by atoms with Crippen LogP contribution in [0.15, 0.2) is 18.3 Å². The predicted molar refractivity (Wildman–Crippen MR) is 76.0 cm³/mol. The lowest BCUT2D eigenvalue weighted by molar-refractivity contribution is 0.0596. The Morgan fingerprint density at radius 1 is 1.55 bits per heavy atom. The number of fused-ring (bicyclic) bond motifs is 1. The Bertz CT molecular complexity index is 642. The van der Waals surface area contributed by atoms with Gasteiger partial charge in [-0.2, -0.15) is 0 Å². The summed E-state index contributed by atoms with van der Waals surface area (Å²) < 4.78 is 6.84. The van der Waals surface area contributed by atoms with E-state index in [2.05, 4.69) is 10.3 Å². The van der Waals surface area contributed by atoms with Gasteiger partial charge in [-0.15, -0.1) is 0 Å². The number of nitrogens with one attached hydrogen (secondary N) is 1. The molecule has 0 saturated carbocycles. The van der Waals surface area contributed by atoms with Crippen molar-refractivity contribution in [2.45, 2.75) is 32.2 Å². The van der Waals surface area contributed by atoms with Crippen LogP contribution in [0.5, 0.6) is 0 Å². The molecule has 2 aromatic heterocycles. The lowest BCUT2D eigenvalue weighted by atomic mass is 10.1. The van der Waals surface area contributed by atoms with Gasteiger partial charge in [-0.1, -0.05) is 6.07 Å². The first kappa shape index (κ1) is 13.1. The van der Waals surface area contributed by atoms with Gasteiger partial charge in [0.15, 0.2) is 5.69 Å². The number of hydrogen-bond donors (Lipinski definition) is 1. The van der Waals surface area contributed by atoms with Crippen LogP contribution in [0, 0.1) is 6.92 Å². The third-order valence-electron chi connectivity index (χ3n) is 3.83. The molecule has 1 aliphatic rings. The van der Waals surface area contributed by atoms with Gasteiger partial charge in [-0.05, 0) is 37.9 Å². The van der Waals surface area contributed by atoms with Gasteiger partial charge in [-0.3, -0.25) is 0 Å². The molecule has 2 aromatic rings. The van der Waals surface area contributed by atoms with Crippen LogP contribution < -0.4 is 5.32 Å². The van der Waals surface area contributed by atoms with Crippen molar-refractivity contribution in [3.8, 4) is 0 Å². The number of carbonyl (C=O) groups is 1. The third-order valence-corrected chi connectivity index (χ3v) is 3.83. The van der Waals surface area contributed by atoms with Gasteiger partial charge in [0.2, 0.25) is 0 Å². The highest BCUT2D eigenvalue weighted by molar-refractivity contribution is 5.95. The standard InChI is InChI=1S/C15H19N3O2/c1-10-5-6-12-14(15(19)20-2)17-13(18(12)9-10)8-11-4-3-7-16-11/h5-6,9,11,16H,3-4,7-8H2,1-2H3. The summed E-state index contributed by atoms with van der Waals surface area (Å²) in [5.41, 5.74) is 2.36. The Balaban J connectivity index is 2.05. The second-order valence-electron chi connectivity index (χ2n) is 5.33. The molecule has 1 atom stereocenters. The van der Waals surface area contributed by atoms with E-state index in [-0.39, 0.29) is 5.97 Å². The maximum atomic E-state index is 11.8. The number of rotatable bonds is 3. The van der Waals surface area contributed by atoms with E-state index in [1.807, 2.05) is 29.7 Å². The first-order chi connectivity index (χ1) is 9.69. The summed E-state index contributed by atoms with van der Waals surface area (Å²) in [5.74, 6) is 0.542. The molecule has 0 bridgehead atoms. The van der Waals surface area contributed by atoms with Crippen LogP contribution in [0.4, 0.5) is 0 Å². The number of hydrogen-bond acceptors (Lipinski definition) is 4. The second kappa shape index (κ2) is 5.25. The summed E-state index contributed by atoms with van der Waals surface area (Å²) in [4.78, 5) is 16.4. The van der Waals surface area contributed by atoms with Crippen molar-refractivity contribution in [2.75, 3.05) is 13.7 Å². The highest BCUT2D eigenvalue weighted by Gasteiger charge is 2.21. The molecule has 1 unspecified atom stereocenters. The van der Waals surface area contributed by atoms with E-state index in [4.69, 9.17) is 4.74 Å². The molecule has 5 nitrogen and oxygen atoms in total. The Labute approximate surface area is 118 Å². The molecule has 0 spiro atoms. The molecule has 1 N–H and O–H groups in total. The molecular weight excluding hydrogens is 254 g/mol. The SMILES string of the molecule is COC(=O)c1nc(CC2CCCN2)n2cc(C)ccc12. The minimum Gasteiger partial charge on any atom is -0.464 e. The summed E-state index contributed by atoms with van der Waals surface area (Å²) >= 11 is 0. The zero-order chi connectivity index (χ0) is 14.1. The summed E-state index contributed by atoms with van der Waals surface area (Å²) in [5, 5.41) is 3.47. The van der Waals surface area contributed by atoms with E-state index >= 15 is 0 Å². The highest BCUT2D eigenvalue weighted by atomic mass is 16.5. The maximum absolute atomic E-state index is 11.8. The summed E-state index contributed by atoms with van der Waals surface area (Å²) in [6.45, 7) is 3.10. The van der Waals surface area contributed by atoms with E-state index in [1.165, 1.54) is 13.5 Å². The molecule has 5 heteroatoms. The average Bonchev–Trinajstić information content (AvgIpc) is 3.07. The molecule has 0 radical (unpaired) electrons. The summed E-state index contributed by atoms with van der Waals surface area (Å²) in [6, 6.07) is 4.37.